The number of likely N-dealkylation sites (N-methyl/N-ethyl adjacent to an activating group) is 1. The summed E-state index contributed by atoms with van der Waals surface area (Å²) in [7, 11) is -0.538. The lowest BCUT2D eigenvalue weighted by Crippen LogP contribution is -2.59. The second kappa shape index (κ2) is 18.9. The van der Waals surface area contributed by atoms with Crippen molar-refractivity contribution in [3.8, 4) is 22.9 Å². The lowest BCUT2D eigenvalue weighted by molar-refractivity contribution is -0.145. The van der Waals surface area contributed by atoms with Crippen LogP contribution < -0.4 is 30.7 Å². The molecular formula is C43H62N8O9S2. The highest BCUT2D eigenvalue weighted by Crippen LogP contribution is 2.48. The quantitative estimate of drug-likeness (QED) is 0.158. The van der Waals surface area contributed by atoms with Gasteiger partial charge < -0.3 is 40.7 Å². The van der Waals surface area contributed by atoms with Gasteiger partial charge >= 0.3 is 12.0 Å². The SMILES string of the molecule is COc1ccc2c(O[C@@H]3C[C@H]4C(=O)N[C@]5(C(=O)O)CC5CCCCCCC[C@H](NC(=O)N[C@H](CN(C)S(C)(=O)=O)C(C)(C)C)C(=O)N4C3)cc(-c3csc(NC(C)C)n3)nc2c1. The first-order valence-corrected chi connectivity index (χ1v) is 24.1. The molecule has 2 aliphatic heterocycles. The van der Waals surface area contributed by atoms with Gasteiger partial charge in [0.25, 0.3) is 0 Å². The number of carboxylic acids is 1. The number of carbonyl (C=O) groups is 4. The monoisotopic (exact) mass is 898 g/mol. The van der Waals surface area contributed by atoms with Crippen LogP contribution >= 0.6 is 11.3 Å². The Morgan fingerprint density at radius 1 is 1.08 bits per heavy atom. The molecule has 0 radical (unpaired) electrons. The van der Waals surface area contributed by atoms with E-state index in [9.17, 15) is 32.7 Å². The number of hydrogen-bond donors (Lipinski definition) is 5. The summed E-state index contributed by atoms with van der Waals surface area (Å²) >= 11 is 1.45. The number of anilines is 1. The summed E-state index contributed by atoms with van der Waals surface area (Å²) in [4.78, 5) is 66.8. The molecule has 1 aliphatic carbocycles. The Morgan fingerprint density at radius 3 is 2.45 bits per heavy atom. The number of methoxy groups -OCH3 is 1. The molecule has 3 aliphatic rings. The van der Waals surface area contributed by atoms with Crippen LogP contribution in [0.3, 0.4) is 0 Å². The summed E-state index contributed by atoms with van der Waals surface area (Å²) in [6.07, 6.45) is 5.63. The Hall–Kier alpha value is -4.75. The van der Waals surface area contributed by atoms with E-state index < -0.39 is 69.0 Å². The van der Waals surface area contributed by atoms with E-state index in [-0.39, 0.29) is 37.9 Å². The van der Waals surface area contributed by atoms with Gasteiger partial charge in [-0.15, -0.1) is 11.3 Å². The number of carboxylic acid groups (broad SMARTS) is 1. The van der Waals surface area contributed by atoms with Crippen molar-refractivity contribution in [3.63, 3.8) is 0 Å². The zero-order valence-corrected chi connectivity index (χ0v) is 38.6. The molecule has 340 valence electrons. The van der Waals surface area contributed by atoms with Gasteiger partial charge in [-0.1, -0.05) is 52.9 Å². The average Bonchev–Trinajstić information content (AvgIpc) is 3.46. The van der Waals surface area contributed by atoms with Crippen LogP contribution in [0.4, 0.5) is 9.93 Å². The first-order valence-electron chi connectivity index (χ1n) is 21.4. The molecule has 2 saturated heterocycles. The van der Waals surface area contributed by atoms with Gasteiger partial charge in [0.2, 0.25) is 21.8 Å². The zero-order valence-electron chi connectivity index (χ0n) is 36.9. The summed E-state index contributed by atoms with van der Waals surface area (Å²) < 4.78 is 38.0. The Morgan fingerprint density at radius 2 is 1.79 bits per heavy atom. The summed E-state index contributed by atoms with van der Waals surface area (Å²) in [5.41, 5.74) is -0.219. The van der Waals surface area contributed by atoms with Gasteiger partial charge in [-0.25, -0.2) is 32.3 Å². The van der Waals surface area contributed by atoms with Crippen LogP contribution in [0.2, 0.25) is 0 Å². The predicted octanol–water partition coefficient (Wildman–Crippen LogP) is 5.21. The van der Waals surface area contributed by atoms with Gasteiger partial charge in [0.15, 0.2) is 5.13 Å². The minimum Gasteiger partial charge on any atom is -0.497 e. The standard InChI is InChI=1S/C43H62N8O9S2/c1-25(2)44-41-47-33(24-61-41)32-20-35(29-17-16-27(59-7)18-31(29)45-32)60-28-19-34-37(52)49-43(39(54)55)21-26(43)14-12-10-9-11-13-15-30(38(53)51(34)22-28)46-40(56)48-36(42(3,4)5)23-50(6)62(8,57)58/h16-18,20,24-26,28,30,34,36H,9-15,19,21-23H2,1-8H3,(H,44,47)(H,49,52)(H,54,55)(H2,46,48,56)/t26?,28-,30+,34+,36-,43-/m1/s1. The first kappa shape index (κ1) is 46.7. The highest BCUT2D eigenvalue weighted by atomic mass is 32.2. The van der Waals surface area contributed by atoms with Crippen LogP contribution in [-0.2, 0) is 24.4 Å². The number of nitrogens with zero attached hydrogens (tertiary/aromatic N) is 4. The highest BCUT2D eigenvalue weighted by Gasteiger charge is 2.62. The Kier molecular flexibility index (Phi) is 14.3. The number of fused-ring (bicyclic) bond motifs is 3. The number of benzene rings is 1. The molecule has 1 saturated carbocycles. The van der Waals surface area contributed by atoms with Crippen LogP contribution in [0.15, 0.2) is 29.6 Å². The maximum atomic E-state index is 14.8. The third-order valence-electron chi connectivity index (χ3n) is 12.1. The van der Waals surface area contributed by atoms with Crippen LogP contribution in [0.1, 0.15) is 92.4 Å². The highest BCUT2D eigenvalue weighted by molar-refractivity contribution is 7.88. The van der Waals surface area contributed by atoms with E-state index in [2.05, 4.69) is 21.3 Å². The second-order valence-corrected chi connectivity index (χ2v) is 21.3. The van der Waals surface area contributed by atoms with Gasteiger partial charge in [-0.3, -0.25) is 9.59 Å². The Balaban J connectivity index is 1.32. The lowest BCUT2D eigenvalue weighted by Gasteiger charge is -2.35. The van der Waals surface area contributed by atoms with Crippen LogP contribution in [0.5, 0.6) is 11.5 Å². The van der Waals surface area contributed by atoms with Gasteiger partial charge in [0, 0.05) is 55.0 Å². The van der Waals surface area contributed by atoms with Crippen molar-refractivity contribution in [3.05, 3.63) is 29.6 Å². The maximum absolute atomic E-state index is 14.8. The summed E-state index contributed by atoms with van der Waals surface area (Å²) in [5, 5.41) is 25.7. The molecule has 0 bridgehead atoms. The largest absolute Gasteiger partial charge is 0.497 e. The predicted molar refractivity (Wildman–Crippen MR) is 238 cm³/mol. The zero-order chi connectivity index (χ0) is 45.1. The topological polar surface area (TPSA) is 221 Å². The summed E-state index contributed by atoms with van der Waals surface area (Å²) in [6.45, 7) is 9.68. The summed E-state index contributed by atoms with van der Waals surface area (Å²) in [5.74, 6) is -1.38. The van der Waals surface area contributed by atoms with Crippen molar-refractivity contribution in [1.29, 1.82) is 0 Å². The molecule has 4 amide bonds. The lowest BCUT2D eigenvalue weighted by atomic mass is 9.87. The molecule has 17 nitrogen and oxygen atoms in total. The van der Waals surface area contributed by atoms with E-state index >= 15 is 0 Å². The molecule has 3 fully saturated rings. The normalized spacial score (nSPS) is 24.3. The van der Waals surface area contributed by atoms with Crippen LogP contribution in [0, 0.1) is 11.3 Å². The molecule has 1 aromatic carbocycles. The number of sulfonamides is 1. The van der Waals surface area contributed by atoms with E-state index in [1.165, 1.54) is 27.6 Å². The molecule has 2 aromatic heterocycles. The van der Waals surface area contributed by atoms with Crippen molar-refractivity contribution in [2.45, 2.75) is 128 Å². The number of carbonyl (C=O) groups excluding carboxylic acids is 3. The Labute approximate surface area is 368 Å². The molecule has 4 heterocycles. The molecule has 3 aromatic rings. The fraction of sp³-hybridized carbons (Fsp3) is 0.628. The van der Waals surface area contributed by atoms with E-state index in [0.29, 0.717) is 53.1 Å². The van der Waals surface area contributed by atoms with Gasteiger partial charge in [-0.2, -0.15) is 0 Å². The molecule has 6 rings (SSSR count). The number of aliphatic carboxylic acids is 1. The van der Waals surface area contributed by atoms with Crippen LogP contribution in [0.25, 0.3) is 22.3 Å². The summed E-state index contributed by atoms with van der Waals surface area (Å²) in [6, 6.07) is 3.95. The van der Waals surface area contributed by atoms with E-state index in [4.69, 9.17) is 19.4 Å². The molecule has 5 N–H and O–H groups in total. The number of amides is 4. The first-order chi connectivity index (χ1) is 29.2. The number of pyridine rings is 1. The fourth-order valence-electron chi connectivity index (χ4n) is 8.25. The number of ether oxygens (including phenoxy) is 2. The second-order valence-electron chi connectivity index (χ2n) is 18.4. The van der Waals surface area contributed by atoms with Gasteiger partial charge in [0.05, 0.1) is 31.1 Å². The molecule has 1 unspecified atom stereocenters. The van der Waals surface area contributed by atoms with Crippen molar-refractivity contribution >= 4 is 61.2 Å². The molecule has 0 spiro atoms. The molecule has 62 heavy (non-hydrogen) atoms. The number of urea groups is 1. The molecular weight excluding hydrogens is 837 g/mol. The van der Waals surface area contributed by atoms with E-state index in [1.54, 1.807) is 25.3 Å². The van der Waals surface area contributed by atoms with Crippen molar-refractivity contribution in [2.75, 3.05) is 38.8 Å². The molecule has 19 heteroatoms. The Bertz CT molecular complexity index is 2250. The third-order valence-corrected chi connectivity index (χ3v) is 14.2. The maximum Gasteiger partial charge on any atom is 0.329 e. The van der Waals surface area contributed by atoms with Crippen molar-refractivity contribution < 1.29 is 42.2 Å². The number of nitrogens with one attached hydrogen (secondary N) is 4. The van der Waals surface area contributed by atoms with Gasteiger partial charge in [-0.05, 0) is 56.6 Å². The van der Waals surface area contributed by atoms with Crippen LogP contribution in [-0.4, -0.2) is 126 Å². The average molecular weight is 899 g/mol. The number of rotatable bonds is 12. The van der Waals surface area contributed by atoms with E-state index in [1.807, 2.05) is 46.1 Å². The number of aromatic nitrogens is 2. The smallest absolute Gasteiger partial charge is 0.329 e. The minimum atomic E-state index is -3.55. The fourth-order valence-corrected chi connectivity index (χ4v) is 9.53. The molecule has 6 atom stereocenters. The number of hydrogen-bond acceptors (Lipinski definition) is 12. The minimum absolute atomic E-state index is 0.00469. The van der Waals surface area contributed by atoms with Crippen molar-refractivity contribution in [2.24, 2.45) is 11.3 Å². The third kappa shape index (κ3) is 11.1. The van der Waals surface area contributed by atoms with Gasteiger partial charge in [0.1, 0.15) is 40.9 Å². The number of thiazole rings is 1. The van der Waals surface area contributed by atoms with E-state index in [0.717, 1.165) is 37.1 Å². The van der Waals surface area contributed by atoms with Crippen molar-refractivity contribution in [1.82, 2.24) is 35.1 Å².